The molecule has 0 bridgehead atoms. The van der Waals surface area contributed by atoms with Crippen molar-refractivity contribution < 1.29 is 4.79 Å². The molecule has 2 N–H and O–H groups in total. The van der Waals surface area contributed by atoms with Crippen molar-refractivity contribution in [2.24, 2.45) is 0 Å². The average Bonchev–Trinajstić information content (AvgIpc) is 2.03. The maximum Gasteiger partial charge on any atom is 0.260 e. The third-order valence-corrected chi connectivity index (χ3v) is 1.53. The van der Waals surface area contributed by atoms with Crippen molar-refractivity contribution in [1.29, 1.82) is 0 Å². The van der Waals surface area contributed by atoms with E-state index in [4.69, 9.17) is 0 Å². The van der Waals surface area contributed by atoms with Crippen LogP contribution in [0.1, 0.15) is 16.1 Å². The summed E-state index contributed by atoms with van der Waals surface area (Å²) in [5, 5.41) is 2.38. The molecule has 0 spiro atoms. The van der Waals surface area contributed by atoms with Crippen LogP contribution >= 0.6 is 0 Å². The van der Waals surface area contributed by atoms with E-state index >= 15 is 0 Å². The minimum atomic E-state index is -0.365. The third-order valence-electron chi connectivity index (χ3n) is 1.53. The molecular formula is C8H10N2O2. The van der Waals surface area contributed by atoms with Crippen LogP contribution in [-0.2, 0) is 0 Å². The molecule has 0 atom stereocenters. The number of carbonyl (C=O) groups excluding carboxylic acids is 1. The van der Waals surface area contributed by atoms with E-state index in [1.165, 1.54) is 13.1 Å². The molecule has 1 heterocycles. The molecule has 0 saturated carbocycles. The minimum Gasteiger partial charge on any atom is -0.355 e. The van der Waals surface area contributed by atoms with Gasteiger partial charge in [-0.1, -0.05) is 0 Å². The summed E-state index contributed by atoms with van der Waals surface area (Å²) in [5.74, 6) is -0.365. The van der Waals surface area contributed by atoms with E-state index in [0.29, 0.717) is 0 Å². The van der Waals surface area contributed by atoms with Gasteiger partial charge in [0.15, 0.2) is 0 Å². The highest BCUT2D eigenvalue weighted by molar-refractivity contribution is 5.93. The molecular weight excluding hydrogens is 156 g/mol. The molecule has 0 aliphatic heterocycles. The van der Waals surface area contributed by atoms with Gasteiger partial charge in [-0.15, -0.1) is 0 Å². The highest BCUT2D eigenvalue weighted by Gasteiger charge is 2.06. The molecule has 64 valence electrons. The number of aryl methyl sites for hydroxylation is 1. The number of H-pyrrole nitrogens is 1. The standard InChI is InChI=1S/C8H10N2O2/c1-5-3-4-6(7(11)9-2)8(12)10-5/h3-4H,1-2H3,(H,9,11)(H,10,12). The summed E-state index contributed by atoms with van der Waals surface area (Å²) in [6.07, 6.45) is 0. The minimum absolute atomic E-state index is 0.142. The Bertz CT molecular complexity index is 354. The summed E-state index contributed by atoms with van der Waals surface area (Å²) in [4.78, 5) is 24.7. The van der Waals surface area contributed by atoms with Crippen LogP contribution in [0.3, 0.4) is 0 Å². The fourth-order valence-corrected chi connectivity index (χ4v) is 0.886. The molecule has 0 saturated heterocycles. The molecule has 4 heteroatoms. The molecule has 0 aromatic carbocycles. The molecule has 0 fully saturated rings. The SMILES string of the molecule is CNC(=O)c1ccc(C)[nH]c1=O. The van der Waals surface area contributed by atoms with Crippen molar-refractivity contribution in [2.45, 2.75) is 6.92 Å². The fraction of sp³-hybridized carbons (Fsp3) is 0.250. The molecule has 0 aliphatic rings. The van der Waals surface area contributed by atoms with E-state index in [0.717, 1.165) is 5.69 Å². The lowest BCUT2D eigenvalue weighted by Crippen LogP contribution is -2.26. The van der Waals surface area contributed by atoms with Gasteiger partial charge >= 0.3 is 0 Å². The molecule has 4 nitrogen and oxygen atoms in total. The van der Waals surface area contributed by atoms with Crippen molar-refractivity contribution >= 4 is 5.91 Å². The number of nitrogens with one attached hydrogen (secondary N) is 2. The van der Waals surface area contributed by atoms with Crippen LogP contribution in [0.2, 0.25) is 0 Å². The monoisotopic (exact) mass is 166 g/mol. The zero-order valence-corrected chi connectivity index (χ0v) is 6.97. The van der Waals surface area contributed by atoms with E-state index in [1.54, 1.807) is 13.0 Å². The smallest absolute Gasteiger partial charge is 0.260 e. The lowest BCUT2D eigenvalue weighted by Gasteiger charge is -1.98. The second kappa shape index (κ2) is 3.21. The van der Waals surface area contributed by atoms with Gasteiger partial charge in [0, 0.05) is 12.7 Å². The molecule has 0 unspecified atom stereocenters. The van der Waals surface area contributed by atoms with Crippen molar-refractivity contribution in [2.75, 3.05) is 7.05 Å². The second-order valence-corrected chi connectivity index (χ2v) is 2.46. The Balaban J connectivity index is 3.19. The molecule has 12 heavy (non-hydrogen) atoms. The maximum atomic E-state index is 11.1. The van der Waals surface area contributed by atoms with Gasteiger partial charge in [-0.2, -0.15) is 0 Å². The topological polar surface area (TPSA) is 62.0 Å². The molecule has 1 amide bonds. The molecule has 0 aliphatic carbocycles. The number of hydrogen-bond donors (Lipinski definition) is 2. The number of carbonyl (C=O) groups is 1. The Hall–Kier alpha value is -1.58. The molecule has 1 aromatic heterocycles. The third kappa shape index (κ3) is 1.53. The first kappa shape index (κ1) is 8.52. The van der Waals surface area contributed by atoms with Crippen LogP contribution < -0.4 is 10.9 Å². The summed E-state index contributed by atoms with van der Waals surface area (Å²) in [6, 6.07) is 3.19. The van der Waals surface area contributed by atoms with Crippen LogP contribution in [0.15, 0.2) is 16.9 Å². The van der Waals surface area contributed by atoms with Crippen molar-refractivity contribution in [3.8, 4) is 0 Å². The van der Waals surface area contributed by atoms with Gasteiger partial charge in [0.1, 0.15) is 5.56 Å². The Labute approximate surface area is 69.6 Å². The van der Waals surface area contributed by atoms with E-state index in [2.05, 4.69) is 10.3 Å². The number of amides is 1. The summed E-state index contributed by atoms with van der Waals surface area (Å²) < 4.78 is 0. The zero-order chi connectivity index (χ0) is 9.14. The normalized spacial score (nSPS) is 9.50. The van der Waals surface area contributed by atoms with Crippen LogP contribution in [0.4, 0.5) is 0 Å². The van der Waals surface area contributed by atoms with Gasteiger partial charge in [0.25, 0.3) is 11.5 Å². The van der Waals surface area contributed by atoms with Gasteiger partial charge in [-0.05, 0) is 19.1 Å². The Morgan fingerprint density at radius 1 is 1.50 bits per heavy atom. The van der Waals surface area contributed by atoms with E-state index in [1.807, 2.05) is 0 Å². The van der Waals surface area contributed by atoms with Crippen molar-refractivity contribution in [1.82, 2.24) is 10.3 Å². The highest BCUT2D eigenvalue weighted by atomic mass is 16.2. The van der Waals surface area contributed by atoms with Gasteiger partial charge in [0.05, 0.1) is 0 Å². The first-order valence-corrected chi connectivity index (χ1v) is 3.57. The number of aromatic amines is 1. The lowest BCUT2D eigenvalue weighted by molar-refractivity contribution is 0.0961. The second-order valence-electron chi connectivity index (χ2n) is 2.46. The van der Waals surface area contributed by atoms with E-state index < -0.39 is 0 Å². The number of hydrogen-bond acceptors (Lipinski definition) is 2. The Kier molecular flexibility index (Phi) is 2.28. The van der Waals surface area contributed by atoms with Crippen LogP contribution in [-0.4, -0.2) is 17.9 Å². The Morgan fingerprint density at radius 2 is 2.17 bits per heavy atom. The van der Waals surface area contributed by atoms with Gasteiger partial charge in [-0.3, -0.25) is 9.59 Å². The quantitative estimate of drug-likeness (QED) is 0.619. The Morgan fingerprint density at radius 3 is 2.67 bits per heavy atom. The zero-order valence-electron chi connectivity index (χ0n) is 6.97. The predicted molar refractivity (Wildman–Crippen MR) is 45.2 cm³/mol. The largest absolute Gasteiger partial charge is 0.355 e. The van der Waals surface area contributed by atoms with Crippen LogP contribution in [0.25, 0.3) is 0 Å². The molecule has 0 radical (unpaired) electrons. The number of pyridine rings is 1. The van der Waals surface area contributed by atoms with Crippen molar-refractivity contribution in [3.05, 3.63) is 33.7 Å². The van der Waals surface area contributed by atoms with Gasteiger partial charge < -0.3 is 10.3 Å². The van der Waals surface area contributed by atoms with Crippen LogP contribution in [0.5, 0.6) is 0 Å². The van der Waals surface area contributed by atoms with Crippen molar-refractivity contribution in [3.63, 3.8) is 0 Å². The van der Waals surface area contributed by atoms with Gasteiger partial charge in [0.2, 0.25) is 0 Å². The van der Waals surface area contributed by atoms with E-state index in [9.17, 15) is 9.59 Å². The summed E-state index contributed by atoms with van der Waals surface area (Å²) in [7, 11) is 1.49. The number of aromatic nitrogens is 1. The molecule has 1 rings (SSSR count). The maximum absolute atomic E-state index is 11.1. The summed E-state index contributed by atoms with van der Waals surface area (Å²) in [5.41, 5.74) is 0.533. The lowest BCUT2D eigenvalue weighted by atomic mass is 10.2. The van der Waals surface area contributed by atoms with Crippen LogP contribution in [0, 0.1) is 6.92 Å². The summed E-state index contributed by atoms with van der Waals surface area (Å²) >= 11 is 0. The summed E-state index contributed by atoms with van der Waals surface area (Å²) in [6.45, 7) is 1.76. The first-order chi connectivity index (χ1) is 5.65. The molecule has 1 aromatic rings. The fourth-order valence-electron chi connectivity index (χ4n) is 0.886. The number of rotatable bonds is 1. The average molecular weight is 166 g/mol. The first-order valence-electron chi connectivity index (χ1n) is 3.57. The van der Waals surface area contributed by atoms with E-state index in [-0.39, 0.29) is 17.0 Å². The predicted octanol–water partition coefficient (Wildman–Crippen LogP) is 0.0429. The van der Waals surface area contributed by atoms with Gasteiger partial charge in [-0.25, -0.2) is 0 Å². The highest BCUT2D eigenvalue weighted by Crippen LogP contribution is 1.92.